The molecule has 0 radical (unpaired) electrons. The Morgan fingerprint density at radius 3 is 2.79 bits per heavy atom. The molecule has 0 spiro atoms. The molecule has 2 heterocycles. The second-order valence-corrected chi connectivity index (χ2v) is 6.19. The standard InChI is InChI=1S/C17H23N5O.ClH/c1-12-14(17-21-19-11-22(17)2)4-3-5-15(12)20-16(23)10-13-6-8-18-9-7-13;/h3-5,11,13,18H,6-10H2,1-2H3,(H,20,23);1H. The zero-order valence-corrected chi connectivity index (χ0v) is 14.9. The Bertz CT molecular complexity index is 694. The number of halogens is 1. The largest absolute Gasteiger partial charge is 0.326 e. The van der Waals surface area contributed by atoms with Crippen molar-refractivity contribution in [3.63, 3.8) is 0 Å². The molecule has 0 aliphatic carbocycles. The lowest BCUT2D eigenvalue weighted by Gasteiger charge is -2.22. The zero-order chi connectivity index (χ0) is 16.2. The number of carbonyl (C=O) groups excluding carboxylic acids is 1. The van der Waals surface area contributed by atoms with E-state index in [0.29, 0.717) is 12.3 Å². The summed E-state index contributed by atoms with van der Waals surface area (Å²) >= 11 is 0. The van der Waals surface area contributed by atoms with E-state index < -0.39 is 0 Å². The van der Waals surface area contributed by atoms with E-state index in [0.717, 1.165) is 48.6 Å². The van der Waals surface area contributed by atoms with Crippen LogP contribution in [0.4, 0.5) is 5.69 Å². The molecular weight excluding hydrogens is 326 g/mol. The van der Waals surface area contributed by atoms with Gasteiger partial charge in [0.05, 0.1) is 0 Å². The van der Waals surface area contributed by atoms with E-state index in [1.54, 1.807) is 6.33 Å². The van der Waals surface area contributed by atoms with Crippen LogP contribution < -0.4 is 10.6 Å². The Hall–Kier alpha value is -1.92. The Morgan fingerprint density at radius 1 is 1.38 bits per heavy atom. The fourth-order valence-corrected chi connectivity index (χ4v) is 3.09. The molecule has 0 unspecified atom stereocenters. The average molecular weight is 350 g/mol. The predicted octanol–water partition coefficient (Wildman–Crippen LogP) is 2.54. The van der Waals surface area contributed by atoms with Gasteiger partial charge in [-0.1, -0.05) is 12.1 Å². The molecule has 1 fully saturated rings. The Morgan fingerprint density at radius 2 is 2.12 bits per heavy atom. The van der Waals surface area contributed by atoms with Gasteiger partial charge in [-0.05, 0) is 50.4 Å². The number of carbonyl (C=O) groups is 1. The molecule has 1 amide bonds. The minimum absolute atomic E-state index is 0. The van der Waals surface area contributed by atoms with Gasteiger partial charge in [0.1, 0.15) is 6.33 Å². The second-order valence-electron chi connectivity index (χ2n) is 6.19. The van der Waals surface area contributed by atoms with Crippen molar-refractivity contribution in [1.29, 1.82) is 0 Å². The summed E-state index contributed by atoms with van der Waals surface area (Å²) in [7, 11) is 1.91. The molecular formula is C17H24ClN5O. The number of piperidine rings is 1. The summed E-state index contributed by atoms with van der Waals surface area (Å²) in [6.45, 7) is 4.03. The second kappa shape index (κ2) is 8.26. The molecule has 24 heavy (non-hydrogen) atoms. The number of nitrogens with zero attached hydrogens (tertiary/aromatic N) is 3. The highest BCUT2D eigenvalue weighted by atomic mass is 35.5. The van der Waals surface area contributed by atoms with Crippen LogP contribution >= 0.6 is 12.4 Å². The van der Waals surface area contributed by atoms with Crippen LogP contribution in [-0.4, -0.2) is 33.8 Å². The van der Waals surface area contributed by atoms with Gasteiger partial charge in [0.15, 0.2) is 5.82 Å². The zero-order valence-electron chi connectivity index (χ0n) is 14.1. The smallest absolute Gasteiger partial charge is 0.224 e. The lowest BCUT2D eigenvalue weighted by molar-refractivity contribution is -0.117. The van der Waals surface area contributed by atoms with Crippen LogP contribution in [0.25, 0.3) is 11.4 Å². The van der Waals surface area contributed by atoms with Crippen molar-refractivity contribution in [3.05, 3.63) is 30.1 Å². The SMILES string of the molecule is Cc1c(NC(=O)CC2CCNCC2)cccc1-c1nncn1C.Cl. The summed E-state index contributed by atoms with van der Waals surface area (Å²) in [5.41, 5.74) is 2.86. The van der Waals surface area contributed by atoms with Crippen LogP contribution in [0, 0.1) is 12.8 Å². The third-order valence-electron chi connectivity index (χ3n) is 4.49. The van der Waals surface area contributed by atoms with E-state index in [1.165, 1.54) is 0 Å². The first-order chi connectivity index (χ1) is 11.1. The van der Waals surface area contributed by atoms with Gasteiger partial charge in [-0.15, -0.1) is 22.6 Å². The van der Waals surface area contributed by atoms with Crippen molar-refractivity contribution >= 4 is 24.0 Å². The summed E-state index contributed by atoms with van der Waals surface area (Å²) in [6, 6.07) is 5.88. The van der Waals surface area contributed by atoms with E-state index >= 15 is 0 Å². The summed E-state index contributed by atoms with van der Waals surface area (Å²) < 4.78 is 1.88. The number of nitrogens with one attached hydrogen (secondary N) is 2. The number of aryl methyl sites for hydroxylation is 1. The van der Waals surface area contributed by atoms with Crippen molar-refractivity contribution in [2.45, 2.75) is 26.2 Å². The lowest BCUT2D eigenvalue weighted by atomic mass is 9.94. The van der Waals surface area contributed by atoms with Gasteiger partial charge in [-0.3, -0.25) is 4.79 Å². The third-order valence-corrected chi connectivity index (χ3v) is 4.49. The predicted molar refractivity (Wildman–Crippen MR) is 97.3 cm³/mol. The Kier molecular flexibility index (Phi) is 6.34. The quantitative estimate of drug-likeness (QED) is 0.889. The molecule has 7 heteroatoms. The Balaban J connectivity index is 0.00000208. The molecule has 1 aromatic heterocycles. The maximum Gasteiger partial charge on any atom is 0.224 e. The number of hydrogen-bond donors (Lipinski definition) is 2. The van der Waals surface area contributed by atoms with Crippen LogP contribution in [0.3, 0.4) is 0 Å². The number of aromatic nitrogens is 3. The van der Waals surface area contributed by atoms with E-state index in [9.17, 15) is 4.79 Å². The first kappa shape index (κ1) is 18.4. The van der Waals surface area contributed by atoms with Gasteiger partial charge >= 0.3 is 0 Å². The van der Waals surface area contributed by atoms with E-state index in [4.69, 9.17) is 0 Å². The monoisotopic (exact) mass is 349 g/mol. The van der Waals surface area contributed by atoms with Crippen molar-refractivity contribution < 1.29 is 4.79 Å². The van der Waals surface area contributed by atoms with Gasteiger partial charge in [0.2, 0.25) is 5.91 Å². The first-order valence-corrected chi connectivity index (χ1v) is 8.09. The average Bonchev–Trinajstić information content (AvgIpc) is 2.96. The van der Waals surface area contributed by atoms with Gasteiger partial charge in [-0.25, -0.2) is 0 Å². The molecule has 130 valence electrons. The van der Waals surface area contributed by atoms with Crippen LogP contribution in [0.2, 0.25) is 0 Å². The van der Waals surface area contributed by atoms with E-state index in [-0.39, 0.29) is 18.3 Å². The highest BCUT2D eigenvalue weighted by Crippen LogP contribution is 2.27. The molecule has 2 N–H and O–H groups in total. The number of amides is 1. The molecule has 0 atom stereocenters. The molecule has 0 bridgehead atoms. The maximum absolute atomic E-state index is 12.3. The topological polar surface area (TPSA) is 71.8 Å². The maximum atomic E-state index is 12.3. The first-order valence-electron chi connectivity index (χ1n) is 8.09. The fraction of sp³-hybridized carbons (Fsp3) is 0.471. The summed E-state index contributed by atoms with van der Waals surface area (Å²) in [5.74, 6) is 1.38. The lowest BCUT2D eigenvalue weighted by Crippen LogP contribution is -2.30. The van der Waals surface area contributed by atoms with Crippen molar-refractivity contribution in [2.24, 2.45) is 13.0 Å². The number of anilines is 1. The molecule has 2 aromatic rings. The third kappa shape index (κ3) is 4.13. The van der Waals surface area contributed by atoms with E-state index in [1.807, 2.05) is 36.7 Å². The van der Waals surface area contributed by atoms with Crippen LogP contribution in [0.1, 0.15) is 24.8 Å². The Labute approximate surface area is 148 Å². The van der Waals surface area contributed by atoms with Gasteiger partial charge in [-0.2, -0.15) is 0 Å². The normalized spacial score (nSPS) is 14.9. The summed E-state index contributed by atoms with van der Waals surface area (Å²) in [5, 5.41) is 14.5. The number of rotatable bonds is 4. The highest BCUT2D eigenvalue weighted by Gasteiger charge is 2.18. The summed E-state index contributed by atoms with van der Waals surface area (Å²) in [4.78, 5) is 12.3. The van der Waals surface area contributed by atoms with Gasteiger partial charge in [0.25, 0.3) is 0 Å². The van der Waals surface area contributed by atoms with E-state index in [2.05, 4.69) is 20.8 Å². The van der Waals surface area contributed by atoms with Crippen LogP contribution in [-0.2, 0) is 11.8 Å². The highest BCUT2D eigenvalue weighted by molar-refractivity contribution is 5.92. The van der Waals surface area contributed by atoms with Crippen molar-refractivity contribution in [3.8, 4) is 11.4 Å². The molecule has 3 rings (SSSR count). The minimum atomic E-state index is 0. The van der Waals surface area contributed by atoms with Gasteiger partial charge < -0.3 is 15.2 Å². The molecule has 1 aliphatic rings. The van der Waals surface area contributed by atoms with Crippen molar-refractivity contribution in [1.82, 2.24) is 20.1 Å². The van der Waals surface area contributed by atoms with Crippen molar-refractivity contribution in [2.75, 3.05) is 18.4 Å². The number of hydrogen-bond acceptors (Lipinski definition) is 4. The molecule has 1 aromatic carbocycles. The fourth-order valence-electron chi connectivity index (χ4n) is 3.09. The molecule has 1 saturated heterocycles. The molecule has 0 saturated carbocycles. The number of benzene rings is 1. The van der Waals surface area contributed by atoms with Crippen LogP contribution in [0.5, 0.6) is 0 Å². The summed E-state index contributed by atoms with van der Waals surface area (Å²) in [6.07, 6.45) is 4.42. The van der Waals surface area contributed by atoms with Crippen LogP contribution in [0.15, 0.2) is 24.5 Å². The van der Waals surface area contributed by atoms with Gasteiger partial charge in [0, 0.05) is 24.7 Å². The molecule has 1 aliphatic heterocycles. The molecule has 6 nitrogen and oxygen atoms in total. The minimum Gasteiger partial charge on any atom is -0.326 e.